The molecule has 0 spiro atoms. The lowest BCUT2D eigenvalue weighted by molar-refractivity contribution is 0.160. The molecule has 3 aromatic rings. The zero-order valence-corrected chi connectivity index (χ0v) is 23.7. The van der Waals surface area contributed by atoms with Crippen molar-refractivity contribution in [2.45, 2.75) is 63.2 Å². The fourth-order valence-electron chi connectivity index (χ4n) is 3.42. The summed E-state index contributed by atoms with van der Waals surface area (Å²) < 4.78 is 40.8. The Labute approximate surface area is 217 Å². The van der Waals surface area contributed by atoms with Crippen LogP contribution in [0.3, 0.4) is 0 Å². The minimum absolute atomic E-state index is 0.0505. The molecule has 0 aliphatic carbocycles. The van der Waals surface area contributed by atoms with E-state index in [0.717, 1.165) is 27.3 Å². The summed E-state index contributed by atoms with van der Waals surface area (Å²) in [6.45, 7) is 13.2. The summed E-state index contributed by atoms with van der Waals surface area (Å²) in [6.07, 6.45) is 4.04. The number of thioether (sulfide) groups is 1. The average Bonchev–Trinajstić information content (AvgIpc) is 2.81. The van der Waals surface area contributed by atoms with Crippen molar-refractivity contribution in [1.29, 1.82) is 0 Å². The summed E-state index contributed by atoms with van der Waals surface area (Å²) in [5.41, 5.74) is 0.868. The lowest BCUT2D eigenvalue weighted by Crippen LogP contribution is -2.43. The molecule has 0 radical (unpaired) electrons. The number of hydrogen-bond donors (Lipinski definition) is 0. The summed E-state index contributed by atoms with van der Waals surface area (Å²) in [5.74, 6) is -1.95. The predicted molar refractivity (Wildman–Crippen MR) is 145 cm³/mol. The Bertz CT molecular complexity index is 1260. The highest BCUT2D eigenvalue weighted by Crippen LogP contribution is 2.37. The van der Waals surface area contributed by atoms with Gasteiger partial charge in [0.05, 0.1) is 18.5 Å². The van der Waals surface area contributed by atoms with Crippen molar-refractivity contribution >= 4 is 20.1 Å². The van der Waals surface area contributed by atoms with Crippen LogP contribution in [0.1, 0.15) is 34.1 Å². The van der Waals surface area contributed by atoms with Crippen molar-refractivity contribution in [3.63, 3.8) is 0 Å². The zero-order chi connectivity index (χ0) is 26.7. The summed E-state index contributed by atoms with van der Waals surface area (Å²) in [6, 6.07) is 10.9. The highest BCUT2D eigenvalue weighted by atomic mass is 32.2. The number of halogens is 2. The van der Waals surface area contributed by atoms with E-state index in [0.29, 0.717) is 12.0 Å². The molecule has 0 N–H and O–H groups in total. The fraction of sp³-hybridized carbons (Fsp3) is 0.407. The molecule has 0 saturated heterocycles. The fourth-order valence-corrected chi connectivity index (χ4v) is 5.31. The quantitative estimate of drug-likeness (QED) is 0.218. The van der Waals surface area contributed by atoms with Gasteiger partial charge in [-0.3, -0.25) is 4.79 Å². The maximum absolute atomic E-state index is 13.9. The Hall–Kier alpha value is -2.49. The molecular formula is C27H34F2N2O3SSi. The van der Waals surface area contributed by atoms with Gasteiger partial charge in [0.15, 0.2) is 25.7 Å². The molecule has 194 valence electrons. The van der Waals surface area contributed by atoms with Gasteiger partial charge >= 0.3 is 5.56 Å². The van der Waals surface area contributed by atoms with Crippen LogP contribution in [0.5, 0.6) is 5.75 Å². The third-order valence-corrected chi connectivity index (χ3v) is 11.9. The van der Waals surface area contributed by atoms with Crippen molar-refractivity contribution in [2.75, 3.05) is 12.9 Å². The van der Waals surface area contributed by atoms with Gasteiger partial charge in [-0.05, 0) is 61.1 Å². The first-order valence-electron chi connectivity index (χ1n) is 11.9. The van der Waals surface area contributed by atoms with E-state index in [-0.39, 0.29) is 29.2 Å². The molecule has 0 aliphatic rings. The first-order valence-corrected chi connectivity index (χ1v) is 16.0. The molecule has 1 aromatic heterocycles. The second-order valence-electron chi connectivity index (χ2n) is 10.3. The van der Waals surface area contributed by atoms with Crippen molar-refractivity contribution in [3.8, 4) is 22.6 Å². The van der Waals surface area contributed by atoms with Gasteiger partial charge in [0.25, 0.3) is 0 Å². The maximum atomic E-state index is 13.9. The standard InChI is InChI=1S/C27H34F2N2O3SSi/c1-18(34-36(6,7)27(2,3)4)14-15-33-25-22(19-8-11-21(35-5)12-9-19)17-30-31(26(25)32)20-10-13-23(28)24(29)16-20/h8-13,16-18H,14-15H2,1-7H3. The molecule has 0 bridgehead atoms. The van der Waals surface area contributed by atoms with E-state index in [4.69, 9.17) is 9.16 Å². The summed E-state index contributed by atoms with van der Waals surface area (Å²) >= 11 is 1.62. The monoisotopic (exact) mass is 532 g/mol. The van der Waals surface area contributed by atoms with Gasteiger partial charge in [0, 0.05) is 29.1 Å². The number of benzene rings is 2. The van der Waals surface area contributed by atoms with E-state index in [2.05, 4.69) is 39.0 Å². The highest BCUT2D eigenvalue weighted by Gasteiger charge is 2.38. The molecule has 36 heavy (non-hydrogen) atoms. The predicted octanol–water partition coefficient (Wildman–Crippen LogP) is 7.08. The zero-order valence-electron chi connectivity index (χ0n) is 21.9. The van der Waals surface area contributed by atoms with Crippen LogP contribution < -0.4 is 10.3 Å². The van der Waals surface area contributed by atoms with Crippen LogP contribution in [0.25, 0.3) is 16.8 Å². The largest absolute Gasteiger partial charge is 0.487 e. The van der Waals surface area contributed by atoms with Gasteiger partial charge in [0.1, 0.15) is 0 Å². The maximum Gasteiger partial charge on any atom is 0.314 e. The van der Waals surface area contributed by atoms with E-state index in [9.17, 15) is 13.6 Å². The molecule has 0 fully saturated rings. The molecule has 2 aromatic carbocycles. The molecule has 1 atom stereocenters. The minimum atomic E-state index is -1.94. The third kappa shape index (κ3) is 6.43. The number of hydrogen-bond acceptors (Lipinski definition) is 5. The van der Waals surface area contributed by atoms with E-state index in [1.165, 1.54) is 12.3 Å². The SMILES string of the molecule is CSc1ccc(-c2cnn(-c3ccc(F)c(F)c3)c(=O)c2OCCC(C)O[Si](C)(C)C(C)(C)C)cc1. The van der Waals surface area contributed by atoms with Crippen molar-refractivity contribution in [1.82, 2.24) is 9.78 Å². The Balaban J connectivity index is 1.92. The first kappa shape index (κ1) is 28.1. The molecule has 1 unspecified atom stereocenters. The Morgan fingerprint density at radius 3 is 2.33 bits per heavy atom. The van der Waals surface area contributed by atoms with E-state index in [1.807, 2.05) is 37.4 Å². The lowest BCUT2D eigenvalue weighted by Gasteiger charge is -2.38. The van der Waals surface area contributed by atoms with Crippen molar-refractivity contribution in [3.05, 3.63) is 70.6 Å². The number of aromatic nitrogens is 2. The third-order valence-electron chi connectivity index (χ3n) is 6.56. The van der Waals surface area contributed by atoms with Crippen molar-refractivity contribution in [2.24, 2.45) is 0 Å². The molecule has 0 aliphatic heterocycles. The highest BCUT2D eigenvalue weighted by molar-refractivity contribution is 7.98. The summed E-state index contributed by atoms with van der Waals surface area (Å²) in [4.78, 5) is 14.5. The average molecular weight is 533 g/mol. The van der Waals surface area contributed by atoms with Crippen LogP contribution in [0.2, 0.25) is 18.1 Å². The molecular weight excluding hydrogens is 498 g/mol. The molecule has 5 nitrogen and oxygen atoms in total. The van der Waals surface area contributed by atoms with Crippen LogP contribution in [-0.2, 0) is 4.43 Å². The van der Waals surface area contributed by atoms with Gasteiger partial charge in [-0.2, -0.15) is 9.78 Å². The Morgan fingerprint density at radius 2 is 1.75 bits per heavy atom. The van der Waals surface area contributed by atoms with Gasteiger partial charge in [-0.25, -0.2) is 8.78 Å². The summed E-state index contributed by atoms with van der Waals surface area (Å²) in [5, 5.41) is 4.31. The number of ether oxygens (including phenoxy) is 1. The van der Waals surface area contributed by atoms with E-state index < -0.39 is 25.5 Å². The normalized spacial score (nSPS) is 13.0. The van der Waals surface area contributed by atoms with E-state index >= 15 is 0 Å². The molecule has 9 heteroatoms. The second kappa shape index (κ2) is 11.3. The van der Waals surface area contributed by atoms with Gasteiger partial charge in [-0.15, -0.1) is 11.8 Å². The van der Waals surface area contributed by atoms with Crippen LogP contribution in [0, 0.1) is 11.6 Å². The van der Waals surface area contributed by atoms with Gasteiger partial charge < -0.3 is 9.16 Å². The molecule has 0 amide bonds. The van der Waals surface area contributed by atoms with Gasteiger partial charge in [0.2, 0.25) is 0 Å². The topological polar surface area (TPSA) is 53.4 Å². The Morgan fingerprint density at radius 1 is 1.08 bits per heavy atom. The van der Waals surface area contributed by atoms with Crippen LogP contribution >= 0.6 is 11.8 Å². The Kier molecular flexibility index (Phi) is 8.79. The number of nitrogens with zero attached hydrogens (tertiary/aromatic N) is 2. The van der Waals surface area contributed by atoms with Crippen LogP contribution in [-0.4, -0.2) is 37.1 Å². The molecule has 0 saturated carbocycles. The molecule has 3 rings (SSSR count). The van der Waals surface area contributed by atoms with Crippen LogP contribution in [0.15, 0.2) is 58.4 Å². The van der Waals surface area contributed by atoms with E-state index in [1.54, 1.807) is 11.8 Å². The van der Waals surface area contributed by atoms with Crippen molar-refractivity contribution < 1.29 is 17.9 Å². The second-order valence-corrected chi connectivity index (χ2v) is 15.9. The summed E-state index contributed by atoms with van der Waals surface area (Å²) in [7, 11) is -1.94. The van der Waals surface area contributed by atoms with Gasteiger partial charge in [-0.1, -0.05) is 32.9 Å². The molecule has 1 heterocycles. The first-order chi connectivity index (χ1) is 16.8. The number of rotatable bonds is 9. The lowest BCUT2D eigenvalue weighted by atomic mass is 10.1. The minimum Gasteiger partial charge on any atom is -0.487 e. The smallest absolute Gasteiger partial charge is 0.314 e. The van der Waals surface area contributed by atoms with Crippen LogP contribution in [0.4, 0.5) is 8.78 Å².